The lowest BCUT2D eigenvalue weighted by Crippen LogP contribution is -2.48. The summed E-state index contributed by atoms with van der Waals surface area (Å²) < 4.78 is 11.8. The van der Waals surface area contributed by atoms with Gasteiger partial charge in [0, 0.05) is 12.6 Å². The number of hydrogen-bond donors (Lipinski definition) is 3. The van der Waals surface area contributed by atoms with Crippen molar-refractivity contribution in [2.24, 2.45) is 0 Å². The SMILES string of the molecule is CCCCc1ccc2c(c1)OCC(C(O)CNC1CCNCC1)O2. The zero-order chi connectivity index (χ0) is 16.8. The van der Waals surface area contributed by atoms with Crippen molar-refractivity contribution in [1.82, 2.24) is 10.6 Å². The van der Waals surface area contributed by atoms with E-state index >= 15 is 0 Å². The van der Waals surface area contributed by atoms with E-state index in [1.165, 1.54) is 18.4 Å². The third kappa shape index (κ3) is 4.62. The summed E-state index contributed by atoms with van der Waals surface area (Å²) in [6.07, 6.45) is 4.78. The summed E-state index contributed by atoms with van der Waals surface area (Å²) in [5, 5.41) is 17.2. The number of hydrogen-bond acceptors (Lipinski definition) is 5. The van der Waals surface area contributed by atoms with E-state index in [9.17, 15) is 5.11 Å². The molecule has 1 saturated heterocycles. The third-order valence-electron chi connectivity index (χ3n) is 4.89. The van der Waals surface area contributed by atoms with Crippen molar-refractivity contribution in [3.63, 3.8) is 0 Å². The molecule has 24 heavy (non-hydrogen) atoms. The Morgan fingerprint density at radius 3 is 2.92 bits per heavy atom. The standard InChI is InChI=1S/C19H30N2O3/c1-2-3-4-14-5-6-17-18(11-14)23-13-19(24-17)16(22)12-21-15-7-9-20-10-8-15/h5-6,11,15-16,19-22H,2-4,7-10,12-13H2,1H3. The van der Waals surface area contributed by atoms with Crippen LogP contribution < -0.4 is 20.1 Å². The Bertz CT molecular complexity index is 517. The van der Waals surface area contributed by atoms with Gasteiger partial charge in [-0.1, -0.05) is 19.4 Å². The summed E-state index contributed by atoms with van der Waals surface area (Å²) in [5.41, 5.74) is 1.28. The second-order valence-corrected chi connectivity index (χ2v) is 6.85. The molecule has 1 aromatic carbocycles. The number of piperidine rings is 1. The van der Waals surface area contributed by atoms with Gasteiger partial charge >= 0.3 is 0 Å². The molecule has 0 spiro atoms. The van der Waals surface area contributed by atoms with Crippen LogP contribution >= 0.6 is 0 Å². The fraction of sp³-hybridized carbons (Fsp3) is 0.684. The van der Waals surface area contributed by atoms with Gasteiger partial charge in [-0.25, -0.2) is 0 Å². The van der Waals surface area contributed by atoms with Crippen LogP contribution in [0, 0.1) is 0 Å². The molecule has 134 valence electrons. The molecule has 0 amide bonds. The summed E-state index contributed by atoms with van der Waals surface area (Å²) in [5.74, 6) is 1.55. The van der Waals surface area contributed by atoms with Gasteiger partial charge in [0.2, 0.25) is 0 Å². The van der Waals surface area contributed by atoms with Gasteiger partial charge in [0.25, 0.3) is 0 Å². The van der Waals surface area contributed by atoms with Gasteiger partial charge in [-0.3, -0.25) is 0 Å². The number of aryl methyl sites for hydroxylation is 1. The molecule has 5 nitrogen and oxygen atoms in total. The van der Waals surface area contributed by atoms with Gasteiger partial charge in [-0.2, -0.15) is 0 Å². The van der Waals surface area contributed by atoms with Gasteiger partial charge in [-0.15, -0.1) is 0 Å². The molecule has 1 fully saturated rings. The number of nitrogens with one attached hydrogen (secondary N) is 2. The van der Waals surface area contributed by atoms with Crippen molar-refractivity contribution >= 4 is 0 Å². The second kappa shape index (κ2) is 8.70. The molecule has 2 unspecified atom stereocenters. The number of benzene rings is 1. The first-order valence-corrected chi connectivity index (χ1v) is 9.31. The van der Waals surface area contributed by atoms with E-state index in [0.29, 0.717) is 19.2 Å². The number of unbranched alkanes of at least 4 members (excludes halogenated alkanes) is 1. The Morgan fingerprint density at radius 2 is 2.12 bits per heavy atom. The number of fused-ring (bicyclic) bond motifs is 1. The van der Waals surface area contributed by atoms with Crippen LogP contribution in [-0.4, -0.2) is 49.6 Å². The highest BCUT2D eigenvalue weighted by molar-refractivity contribution is 5.44. The topological polar surface area (TPSA) is 62.8 Å². The summed E-state index contributed by atoms with van der Waals surface area (Å²) in [6, 6.07) is 6.62. The molecule has 2 aliphatic rings. The third-order valence-corrected chi connectivity index (χ3v) is 4.89. The first-order valence-electron chi connectivity index (χ1n) is 9.31. The summed E-state index contributed by atoms with van der Waals surface area (Å²) in [4.78, 5) is 0. The minimum Gasteiger partial charge on any atom is -0.486 e. The lowest BCUT2D eigenvalue weighted by atomic mass is 10.1. The van der Waals surface area contributed by atoms with Gasteiger partial charge in [0.15, 0.2) is 17.6 Å². The largest absolute Gasteiger partial charge is 0.486 e. The van der Waals surface area contributed by atoms with Gasteiger partial charge in [0.05, 0.1) is 0 Å². The maximum absolute atomic E-state index is 10.4. The maximum atomic E-state index is 10.4. The van der Waals surface area contributed by atoms with Crippen LogP contribution in [0.2, 0.25) is 0 Å². The highest BCUT2D eigenvalue weighted by Crippen LogP contribution is 2.33. The molecular weight excluding hydrogens is 304 g/mol. The molecule has 5 heteroatoms. The second-order valence-electron chi connectivity index (χ2n) is 6.85. The van der Waals surface area contributed by atoms with E-state index in [4.69, 9.17) is 9.47 Å². The minimum absolute atomic E-state index is 0.312. The predicted octanol–water partition coefficient (Wildman–Crippen LogP) is 1.87. The summed E-state index contributed by atoms with van der Waals surface area (Å²) >= 11 is 0. The Hall–Kier alpha value is -1.30. The van der Waals surface area contributed by atoms with Crippen molar-refractivity contribution in [1.29, 1.82) is 0 Å². The Kier molecular flexibility index (Phi) is 6.35. The van der Waals surface area contributed by atoms with Crippen LogP contribution in [0.3, 0.4) is 0 Å². The molecular formula is C19H30N2O3. The number of ether oxygens (including phenoxy) is 2. The Morgan fingerprint density at radius 1 is 1.29 bits per heavy atom. The normalized spacial score (nSPS) is 22.3. The molecule has 0 bridgehead atoms. The van der Waals surface area contributed by atoms with Gasteiger partial charge in [0.1, 0.15) is 12.7 Å². The first kappa shape index (κ1) is 17.5. The lowest BCUT2D eigenvalue weighted by molar-refractivity contribution is -0.0105. The number of aliphatic hydroxyl groups is 1. The van der Waals surface area contributed by atoms with Crippen LogP contribution in [-0.2, 0) is 6.42 Å². The van der Waals surface area contributed by atoms with Crippen molar-refractivity contribution in [2.75, 3.05) is 26.2 Å². The van der Waals surface area contributed by atoms with Crippen LogP contribution in [0.15, 0.2) is 18.2 Å². The number of rotatable bonds is 7. The molecule has 1 aromatic rings. The summed E-state index contributed by atoms with van der Waals surface area (Å²) in [6.45, 7) is 5.23. The average Bonchev–Trinajstić information content (AvgIpc) is 2.64. The fourth-order valence-corrected chi connectivity index (χ4v) is 3.30. The van der Waals surface area contributed by atoms with Crippen molar-refractivity contribution in [3.8, 4) is 11.5 Å². The molecule has 2 heterocycles. The molecule has 0 aromatic heterocycles. The van der Waals surface area contributed by atoms with Gasteiger partial charge < -0.3 is 25.2 Å². The Labute approximate surface area is 144 Å². The molecule has 3 N–H and O–H groups in total. The van der Waals surface area contributed by atoms with E-state index in [1.54, 1.807) is 0 Å². The average molecular weight is 334 g/mol. The first-order chi connectivity index (χ1) is 11.8. The molecule has 2 aliphatic heterocycles. The van der Waals surface area contributed by atoms with Crippen LogP contribution in [0.5, 0.6) is 11.5 Å². The van der Waals surface area contributed by atoms with Crippen molar-refractivity contribution < 1.29 is 14.6 Å². The highest BCUT2D eigenvalue weighted by Gasteiger charge is 2.28. The van der Waals surface area contributed by atoms with Crippen molar-refractivity contribution in [2.45, 2.75) is 57.3 Å². The van der Waals surface area contributed by atoms with Crippen LogP contribution in [0.1, 0.15) is 38.2 Å². The van der Waals surface area contributed by atoms with E-state index in [2.05, 4.69) is 29.7 Å². The number of aliphatic hydroxyl groups excluding tert-OH is 1. The molecule has 0 aliphatic carbocycles. The van der Waals surface area contributed by atoms with E-state index in [-0.39, 0.29) is 6.10 Å². The molecule has 2 atom stereocenters. The van der Waals surface area contributed by atoms with Crippen molar-refractivity contribution in [3.05, 3.63) is 23.8 Å². The zero-order valence-corrected chi connectivity index (χ0v) is 14.6. The quantitative estimate of drug-likeness (QED) is 0.711. The lowest BCUT2D eigenvalue weighted by Gasteiger charge is -2.31. The zero-order valence-electron chi connectivity index (χ0n) is 14.6. The highest BCUT2D eigenvalue weighted by atomic mass is 16.6. The van der Waals surface area contributed by atoms with E-state index in [1.807, 2.05) is 6.07 Å². The maximum Gasteiger partial charge on any atom is 0.161 e. The predicted molar refractivity (Wildman–Crippen MR) is 94.9 cm³/mol. The monoisotopic (exact) mass is 334 g/mol. The Balaban J connectivity index is 1.50. The summed E-state index contributed by atoms with van der Waals surface area (Å²) in [7, 11) is 0. The molecule has 3 rings (SSSR count). The van der Waals surface area contributed by atoms with Crippen LogP contribution in [0.4, 0.5) is 0 Å². The van der Waals surface area contributed by atoms with Crippen LogP contribution in [0.25, 0.3) is 0 Å². The minimum atomic E-state index is -0.562. The molecule has 0 radical (unpaired) electrons. The smallest absolute Gasteiger partial charge is 0.161 e. The van der Waals surface area contributed by atoms with Gasteiger partial charge in [-0.05, 0) is 56.5 Å². The van der Waals surface area contributed by atoms with E-state index in [0.717, 1.165) is 43.9 Å². The fourth-order valence-electron chi connectivity index (χ4n) is 3.30. The molecule has 0 saturated carbocycles. The van der Waals surface area contributed by atoms with E-state index < -0.39 is 6.10 Å².